The molecule has 1 unspecified atom stereocenters. The fraction of sp³-hybridized carbons (Fsp3) is 0.286. The monoisotopic (exact) mass is 586 g/mol. The number of nitrogens with one attached hydrogen (secondary N) is 1. The normalized spacial score (nSPS) is 11.9. The van der Waals surface area contributed by atoms with Gasteiger partial charge in [-0.15, -0.1) is 0 Å². The van der Waals surface area contributed by atoms with Crippen molar-refractivity contribution >= 4 is 44.8 Å². The summed E-state index contributed by atoms with van der Waals surface area (Å²) in [6.07, 6.45) is 1.64. The highest BCUT2D eigenvalue weighted by Gasteiger charge is 2.32. The van der Waals surface area contributed by atoms with E-state index in [4.69, 9.17) is 11.6 Å². The minimum absolute atomic E-state index is 0.0413. The molecule has 3 aromatic carbocycles. The summed E-state index contributed by atoms with van der Waals surface area (Å²) in [5.74, 6) is -1.04. The van der Waals surface area contributed by atoms with Gasteiger partial charge in [0.05, 0.1) is 15.5 Å². The fourth-order valence-electron chi connectivity index (χ4n) is 3.92. The highest BCUT2D eigenvalue weighted by Crippen LogP contribution is 2.27. The highest BCUT2D eigenvalue weighted by molar-refractivity contribution is 7.92. The number of non-ortho nitro benzene ring substituents is 1. The van der Waals surface area contributed by atoms with Gasteiger partial charge in [0.25, 0.3) is 15.7 Å². The molecule has 1 N–H and O–H groups in total. The molecule has 1 atom stereocenters. The molecule has 0 radical (unpaired) electrons. The van der Waals surface area contributed by atoms with Crippen molar-refractivity contribution in [3.8, 4) is 0 Å². The molecular formula is C28H31ClN4O6S. The lowest BCUT2D eigenvalue weighted by molar-refractivity contribution is -0.384. The van der Waals surface area contributed by atoms with Crippen LogP contribution in [0.1, 0.15) is 32.3 Å². The average Bonchev–Trinajstić information content (AvgIpc) is 2.95. The number of carbonyl (C=O) groups is 2. The van der Waals surface area contributed by atoms with Crippen LogP contribution in [0.15, 0.2) is 83.8 Å². The highest BCUT2D eigenvalue weighted by atomic mass is 35.5. The van der Waals surface area contributed by atoms with Gasteiger partial charge in [0.2, 0.25) is 11.8 Å². The van der Waals surface area contributed by atoms with E-state index >= 15 is 0 Å². The molecule has 0 bridgehead atoms. The first-order valence-electron chi connectivity index (χ1n) is 12.7. The molecule has 0 spiro atoms. The molecule has 2 amide bonds. The molecule has 0 heterocycles. The first kappa shape index (κ1) is 30.6. The van der Waals surface area contributed by atoms with E-state index < -0.39 is 33.4 Å². The fourth-order valence-corrected chi connectivity index (χ4v) is 5.55. The molecule has 0 aliphatic carbocycles. The molecule has 10 nitrogen and oxygen atoms in total. The number of hydrogen-bond acceptors (Lipinski definition) is 6. The van der Waals surface area contributed by atoms with E-state index in [1.165, 1.54) is 41.3 Å². The van der Waals surface area contributed by atoms with E-state index in [0.29, 0.717) is 17.1 Å². The zero-order chi connectivity index (χ0) is 29.3. The van der Waals surface area contributed by atoms with Crippen LogP contribution in [-0.2, 0) is 26.2 Å². The van der Waals surface area contributed by atoms with Crippen molar-refractivity contribution in [1.29, 1.82) is 0 Å². The van der Waals surface area contributed by atoms with E-state index in [1.54, 1.807) is 49.4 Å². The van der Waals surface area contributed by atoms with Gasteiger partial charge in [-0.1, -0.05) is 61.3 Å². The van der Waals surface area contributed by atoms with Gasteiger partial charge in [-0.05, 0) is 49.2 Å². The van der Waals surface area contributed by atoms with Crippen LogP contribution >= 0.6 is 11.6 Å². The van der Waals surface area contributed by atoms with Crippen molar-refractivity contribution in [2.45, 2.75) is 44.2 Å². The second-order valence-electron chi connectivity index (χ2n) is 9.03. The molecule has 0 aromatic heterocycles. The number of unbranched alkanes of at least 4 members (excludes halogenated alkanes) is 1. The second-order valence-corrected chi connectivity index (χ2v) is 11.3. The number of rotatable bonds is 13. The van der Waals surface area contributed by atoms with Gasteiger partial charge >= 0.3 is 0 Å². The first-order chi connectivity index (χ1) is 19.1. The Hall–Kier alpha value is -3.96. The van der Waals surface area contributed by atoms with Crippen molar-refractivity contribution in [1.82, 2.24) is 10.2 Å². The Morgan fingerprint density at radius 1 is 1.00 bits per heavy atom. The van der Waals surface area contributed by atoms with Crippen LogP contribution in [-0.4, -0.2) is 49.2 Å². The quantitative estimate of drug-likeness (QED) is 0.174. The number of nitrogens with zero attached hydrogens (tertiary/aromatic N) is 3. The Balaban J connectivity index is 2.02. The summed E-state index contributed by atoms with van der Waals surface area (Å²) in [5.41, 5.74) is 0.406. The van der Waals surface area contributed by atoms with Crippen LogP contribution < -0.4 is 9.62 Å². The number of nitro benzene ring substituents is 1. The van der Waals surface area contributed by atoms with Gasteiger partial charge < -0.3 is 10.2 Å². The van der Waals surface area contributed by atoms with Gasteiger partial charge in [-0.3, -0.25) is 24.0 Å². The Kier molecular flexibility index (Phi) is 10.6. The predicted octanol–water partition coefficient (Wildman–Crippen LogP) is 4.78. The van der Waals surface area contributed by atoms with Crippen LogP contribution in [0.25, 0.3) is 0 Å². The van der Waals surface area contributed by atoms with E-state index in [-0.39, 0.29) is 28.7 Å². The lowest BCUT2D eigenvalue weighted by atomic mass is 10.1. The Morgan fingerprint density at radius 3 is 2.23 bits per heavy atom. The van der Waals surface area contributed by atoms with Crippen LogP contribution in [0, 0.1) is 10.1 Å². The maximum Gasteiger partial charge on any atom is 0.269 e. The number of nitro groups is 1. The molecule has 3 rings (SSSR count). The maximum atomic E-state index is 13.9. The third kappa shape index (κ3) is 7.57. The SMILES string of the molecule is CCCCNC(=O)C(C)N(Cc1ccccc1Cl)C(=O)CN(c1ccc([N+](=O)[O-])cc1)S(=O)(=O)c1ccccc1. The molecule has 12 heteroatoms. The predicted molar refractivity (Wildman–Crippen MR) is 153 cm³/mol. The van der Waals surface area contributed by atoms with Crippen LogP contribution in [0.2, 0.25) is 5.02 Å². The number of hydrogen-bond donors (Lipinski definition) is 1. The second kappa shape index (κ2) is 13.9. The number of sulfonamides is 1. The summed E-state index contributed by atoms with van der Waals surface area (Å²) < 4.78 is 28.3. The third-order valence-corrected chi connectivity index (χ3v) is 8.41. The summed E-state index contributed by atoms with van der Waals surface area (Å²) in [5, 5.41) is 14.4. The number of anilines is 1. The summed E-state index contributed by atoms with van der Waals surface area (Å²) in [6, 6.07) is 18.3. The topological polar surface area (TPSA) is 130 Å². The maximum absolute atomic E-state index is 13.9. The van der Waals surface area contributed by atoms with Gasteiger partial charge in [0.1, 0.15) is 12.6 Å². The van der Waals surface area contributed by atoms with Gasteiger partial charge in [-0.2, -0.15) is 0 Å². The van der Waals surface area contributed by atoms with Crippen molar-refractivity contribution in [3.05, 3.63) is 99.6 Å². The van der Waals surface area contributed by atoms with Crippen molar-refractivity contribution in [2.24, 2.45) is 0 Å². The van der Waals surface area contributed by atoms with Crippen LogP contribution in [0.4, 0.5) is 11.4 Å². The van der Waals surface area contributed by atoms with Crippen LogP contribution in [0.5, 0.6) is 0 Å². The lowest BCUT2D eigenvalue weighted by Gasteiger charge is -2.32. The van der Waals surface area contributed by atoms with E-state index in [2.05, 4.69) is 5.32 Å². The summed E-state index contributed by atoms with van der Waals surface area (Å²) >= 11 is 6.35. The Bertz CT molecular complexity index is 1430. The molecule has 0 saturated carbocycles. The molecule has 0 saturated heterocycles. The number of benzene rings is 3. The summed E-state index contributed by atoms with van der Waals surface area (Å²) in [6.45, 7) is 3.29. The molecule has 0 aliphatic rings. The largest absolute Gasteiger partial charge is 0.354 e. The summed E-state index contributed by atoms with van der Waals surface area (Å²) in [4.78, 5) is 38.6. The molecule has 0 fully saturated rings. The minimum Gasteiger partial charge on any atom is -0.354 e. The Morgan fingerprint density at radius 2 is 1.62 bits per heavy atom. The third-order valence-electron chi connectivity index (χ3n) is 6.25. The molecule has 40 heavy (non-hydrogen) atoms. The van der Waals surface area contributed by atoms with E-state index in [1.807, 2.05) is 6.92 Å². The van der Waals surface area contributed by atoms with Gasteiger partial charge in [0.15, 0.2) is 0 Å². The minimum atomic E-state index is -4.27. The molecule has 3 aromatic rings. The van der Waals surface area contributed by atoms with E-state index in [0.717, 1.165) is 17.1 Å². The van der Waals surface area contributed by atoms with Crippen molar-refractivity contribution in [3.63, 3.8) is 0 Å². The summed E-state index contributed by atoms with van der Waals surface area (Å²) in [7, 11) is -4.27. The molecular weight excluding hydrogens is 556 g/mol. The molecule has 0 aliphatic heterocycles. The number of halogens is 1. The van der Waals surface area contributed by atoms with Crippen molar-refractivity contribution < 1.29 is 22.9 Å². The van der Waals surface area contributed by atoms with Gasteiger partial charge in [-0.25, -0.2) is 8.42 Å². The standard InChI is InChI=1S/C28H31ClN4O6S/c1-3-4-18-30-28(35)21(2)31(19-22-10-8-9-13-26(22)29)27(34)20-32(23-14-16-24(17-15-23)33(36)37)40(38,39)25-11-6-5-7-12-25/h5-17,21H,3-4,18-20H2,1-2H3,(H,30,35). The van der Waals surface area contributed by atoms with E-state index in [9.17, 15) is 28.1 Å². The van der Waals surface area contributed by atoms with Crippen LogP contribution in [0.3, 0.4) is 0 Å². The van der Waals surface area contributed by atoms with Gasteiger partial charge in [0, 0.05) is 30.2 Å². The first-order valence-corrected chi connectivity index (χ1v) is 14.5. The smallest absolute Gasteiger partial charge is 0.269 e. The average molecular weight is 587 g/mol. The number of carbonyl (C=O) groups excluding carboxylic acids is 2. The number of amides is 2. The Labute approximate surface area is 238 Å². The van der Waals surface area contributed by atoms with Crippen molar-refractivity contribution in [2.75, 3.05) is 17.4 Å². The lowest BCUT2D eigenvalue weighted by Crippen LogP contribution is -2.51. The zero-order valence-corrected chi connectivity index (χ0v) is 23.8. The molecule has 212 valence electrons. The zero-order valence-electron chi connectivity index (χ0n) is 22.2.